The molecule has 132 valence electrons. The SMILES string of the molecule is CCCC(O)(CCC)CN=C(NCC)NCC1CCCO1.I. The summed E-state index contributed by atoms with van der Waals surface area (Å²) in [4.78, 5) is 4.57. The van der Waals surface area contributed by atoms with E-state index in [2.05, 4.69) is 29.5 Å². The molecule has 5 nitrogen and oxygen atoms in total. The van der Waals surface area contributed by atoms with Crippen molar-refractivity contribution in [1.82, 2.24) is 10.6 Å². The first-order valence-electron chi connectivity index (χ1n) is 8.49. The lowest BCUT2D eigenvalue weighted by Crippen LogP contribution is -2.42. The molecule has 1 fully saturated rings. The monoisotopic (exact) mass is 427 g/mol. The molecular formula is C16H34IN3O2. The van der Waals surface area contributed by atoms with Crippen LogP contribution in [0.15, 0.2) is 4.99 Å². The molecule has 1 heterocycles. The quantitative estimate of drug-likeness (QED) is 0.301. The summed E-state index contributed by atoms with van der Waals surface area (Å²) in [6.07, 6.45) is 6.11. The maximum absolute atomic E-state index is 10.6. The molecule has 1 aliphatic heterocycles. The molecule has 1 saturated heterocycles. The molecule has 1 atom stereocenters. The van der Waals surface area contributed by atoms with E-state index in [0.717, 1.165) is 64.2 Å². The van der Waals surface area contributed by atoms with E-state index >= 15 is 0 Å². The molecule has 0 spiro atoms. The van der Waals surface area contributed by atoms with Crippen LogP contribution >= 0.6 is 24.0 Å². The molecule has 22 heavy (non-hydrogen) atoms. The molecule has 0 saturated carbocycles. The van der Waals surface area contributed by atoms with Crippen molar-refractivity contribution in [2.24, 2.45) is 4.99 Å². The van der Waals surface area contributed by atoms with Gasteiger partial charge < -0.3 is 20.5 Å². The van der Waals surface area contributed by atoms with Crippen molar-refractivity contribution in [3.63, 3.8) is 0 Å². The summed E-state index contributed by atoms with van der Waals surface area (Å²) in [6.45, 7) is 9.18. The zero-order valence-corrected chi connectivity index (χ0v) is 16.7. The highest BCUT2D eigenvalue weighted by molar-refractivity contribution is 14.0. The predicted octanol–water partition coefficient (Wildman–Crippen LogP) is 2.67. The van der Waals surface area contributed by atoms with Gasteiger partial charge in [0.05, 0.1) is 18.2 Å². The topological polar surface area (TPSA) is 65.9 Å². The fourth-order valence-electron chi connectivity index (χ4n) is 2.80. The summed E-state index contributed by atoms with van der Waals surface area (Å²) < 4.78 is 5.61. The van der Waals surface area contributed by atoms with Crippen LogP contribution in [0.25, 0.3) is 0 Å². The third-order valence-electron chi connectivity index (χ3n) is 3.83. The van der Waals surface area contributed by atoms with Crippen LogP contribution < -0.4 is 10.6 Å². The van der Waals surface area contributed by atoms with Crippen LogP contribution in [0.3, 0.4) is 0 Å². The van der Waals surface area contributed by atoms with Crippen molar-refractivity contribution in [2.75, 3.05) is 26.2 Å². The number of ether oxygens (including phenoxy) is 1. The fourth-order valence-corrected chi connectivity index (χ4v) is 2.80. The first-order valence-corrected chi connectivity index (χ1v) is 8.49. The Balaban J connectivity index is 0.00000441. The minimum Gasteiger partial charge on any atom is -0.388 e. The van der Waals surface area contributed by atoms with Gasteiger partial charge in [0.15, 0.2) is 5.96 Å². The summed E-state index contributed by atoms with van der Waals surface area (Å²) >= 11 is 0. The average molecular weight is 427 g/mol. The minimum atomic E-state index is -0.671. The zero-order chi connectivity index (χ0) is 15.6. The predicted molar refractivity (Wildman–Crippen MR) is 103 cm³/mol. The summed E-state index contributed by atoms with van der Waals surface area (Å²) in [6, 6.07) is 0. The normalized spacial score (nSPS) is 18.9. The molecule has 0 aromatic rings. The van der Waals surface area contributed by atoms with Gasteiger partial charge in [-0.05, 0) is 32.6 Å². The number of nitrogens with one attached hydrogen (secondary N) is 2. The smallest absolute Gasteiger partial charge is 0.191 e. The lowest BCUT2D eigenvalue weighted by atomic mass is 9.93. The fraction of sp³-hybridized carbons (Fsp3) is 0.938. The van der Waals surface area contributed by atoms with Crippen molar-refractivity contribution in [3.05, 3.63) is 0 Å². The average Bonchev–Trinajstić information content (AvgIpc) is 2.96. The van der Waals surface area contributed by atoms with Crippen LogP contribution in [0.5, 0.6) is 0 Å². The maximum Gasteiger partial charge on any atom is 0.191 e. The zero-order valence-electron chi connectivity index (χ0n) is 14.4. The largest absolute Gasteiger partial charge is 0.388 e. The second-order valence-electron chi connectivity index (χ2n) is 5.94. The number of aliphatic imine (C=N–C) groups is 1. The number of rotatable bonds is 9. The number of aliphatic hydroxyl groups is 1. The van der Waals surface area contributed by atoms with E-state index in [1.54, 1.807) is 0 Å². The van der Waals surface area contributed by atoms with E-state index in [9.17, 15) is 5.11 Å². The molecule has 0 radical (unpaired) electrons. The standard InChI is InChI=1S/C16H33N3O2.HI/c1-4-9-16(20,10-5-2)13-19-15(17-6-3)18-12-14-8-7-11-21-14;/h14,20H,4-13H2,1-3H3,(H2,17,18,19);1H. The van der Waals surface area contributed by atoms with Gasteiger partial charge in [-0.25, -0.2) is 0 Å². The summed E-state index contributed by atoms with van der Waals surface area (Å²) in [5, 5.41) is 17.2. The van der Waals surface area contributed by atoms with E-state index in [4.69, 9.17) is 4.74 Å². The van der Waals surface area contributed by atoms with Crippen molar-refractivity contribution in [3.8, 4) is 0 Å². The molecule has 6 heteroatoms. The van der Waals surface area contributed by atoms with Gasteiger partial charge in [0.2, 0.25) is 0 Å². The van der Waals surface area contributed by atoms with E-state index < -0.39 is 5.60 Å². The highest BCUT2D eigenvalue weighted by atomic mass is 127. The Morgan fingerprint density at radius 1 is 1.23 bits per heavy atom. The Morgan fingerprint density at radius 3 is 2.41 bits per heavy atom. The van der Waals surface area contributed by atoms with Crippen molar-refractivity contribution >= 4 is 29.9 Å². The van der Waals surface area contributed by atoms with E-state index in [-0.39, 0.29) is 24.0 Å². The maximum atomic E-state index is 10.6. The number of guanidine groups is 1. The Labute approximate surface area is 152 Å². The van der Waals surface area contributed by atoms with Crippen molar-refractivity contribution in [2.45, 2.75) is 71.0 Å². The lowest BCUT2D eigenvalue weighted by Gasteiger charge is -2.26. The second-order valence-corrected chi connectivity index (χ2v) is 5.94. The van der Waals surface area contributed by atoms with E-state index in [1.165, 1.54) is 0 Å². The van der Waals surface area contributed by atoms with E-state index in [1.807, 2.05) is 6.92 Å². The van der Waals surface area contributed by atoms with Gasteiger partial charge in [0.1, 0.15) is 0 Å². The molecule has 0 aliphatic carbocycles. The lowest BCUT2D eigenvalue weighted by molar-refractivity contribution is 0.0305. The van der Waals surface area contributed by atoms with Gasteiger partial charge in [-0.3, -0.25) is 4.99 Å². The number of hydrogen-bond acceptors (Lipinski definition) is 3. The van der Waals surface area contributed by atoms with Crippen LogP contribution in [0.1, 0.15) is 59.3 Å². The van der Waals surface area contributed by atoms with Crippen LogP contribution in [0, 0.1) is 0 Å². The first kappa shape index (κ1) is 21.9. The molecule has 1 aliphatic rings. The third kappa shape index (κ3) is 8.53. The summed E-state index contributed by atoms with van der Waals surface area (Å²) in [7, 11) is 0. The molecule has 0 amide bonds. The Kier molecular flexibility index (Phi) is 12.3. The van der Waals surface area contributed by atoms with Gasteiger partial charge in [0, 0.05) is 19.7 Å². The van der Waals surface area contributed by atoms with Gasteiger partial charge in [0.25, 0.3) is 0 Å². The van der Waals surface area contributed by atoms with Crippen LogP contribution in [0.2, 0.25) is 0 Å². The van der Waals surface area contributed by atoms with Crippen LogP contribution in [-0.4, -0.2) is 49.0 Å². The number of nitrogens with zero attached hydrogens (tertiary/aromatic N) is 1. The molecule has 1 rings (SSSR count). The second kappa shape index (κ2) is 12.4. The first-order chi connectivity index (χ1) is 10.1. The molecule has 3 N–H and O–H groups in total. The summed E-state index contributed by atoms with van der Waals surface area (Å²) in [5.74, 6) is 0.777. The van der Waals surface area contributed by atoms with Crippen LogP contribution in [-0.2, 0) is 4.74 Å². The van der Waals surface area contributed by atoms with Gasteiger partial charge in [-0.1, -0.05) is 26.7 Å². The molecular weight excluding hydrogens is 393 g/mol. The Hall–Kier alpha value is -0.0800. The van der Waals surface area contributed by atoms with E-state index in [0.29, 0.717) is 12.6 Å². The van der Waals surface area contributed by atoms with Crippen LogP contribution in [0.4, 0.5) is 0 Å². The van der Waals surface area contributed by atoms with Crippen molar-refractivity contribution < 1.29 is 9.84 Å². The third-order valence-corrected chi connectivity index (χ3v) is 3.83. The molecule has 0 bridgehead atoms. The highest BCUT2D eigenvalue weighted by Crippen LogP contribution is 2.19. The summed E-state index contributed by atoms with van der Waals surface area (Å²) in [5.41, 5.74) is -0.671. The Morgan fingerprint density at radius 2 is 1.91 bits per heavy atom. The number of halogens is 1. The van der Waals surface area contributed by atoms with Crippen molar-refractivity contribution in [1.29, 1.82) is 0 Å². The van der Waals surface area contributed by atoms with Gasteiger partial charge >= 0.3 is 0 Å². The van der Waals surface area contributed by atoms with Gasteiger partial charge in [-0.2, -0.15) is 0 Å². The molecule has 0 aromatic carbocycles. The molecule has 1 unspecified atom stereocenters. The molecule has 0 aromatic heterocycles. The minimum absolute atomic E-state index is 0. The number of hydrogen-bond donors (Lipinski definition) is 3. The Bertz CT molecular complexity index is 302. The highest BCUT2D eigenvalue weighted by Gasteiger charge is 2.24. The van der Waals surface area contributed by atoms with Gasteiger partial charge in [-0.15, -0.1) is 24.0 Å².